The van der Waals surface area contributed by atoms with Gasteiger partial charge < -0.3 is 10.0 Å². The molecule has 34 heavy (non-hydrogen) atoms. The van der Waals surface area contributed by atoms with Crippen molar-refractivity contribution >= 4 is 5.91 Å². The molecule has 5 bridgehead atoms. The van der Waals surface area contributed by atoms with Crippen molar-refractivity contribution in [2.24, 2.45) is 29.1 Å². The minimum Gasteiger partial charge on any atom is -0.508 e. The highest BCUT2D eigenvalue weighted by Gasteiger charge is 2.58. The lowest BCUT2D eigenvalue weighted by Crippen LogP contribution is -2.63. The summed E-state index contributed by atoms with van der Waals surface area (Å²) in [5.41, 5.74) is 3.68. The smallest absolute Gasteiger partial charge is 0.229 e. The lowest BCUT2D eigenvalue weighted by atomic mass is 9.54. The van der Waals surface area contributed by atoms with Gasteiger partial charge in [0.05, 0.1) is 0 Å². The van der Waals surface area contributed by atoms with Crippen molar-refractivity contribution in [2.45, 2.75) is 76.2 Å². The number of hydrogen-bond donors (Lipinski definition) is 1. The summed E-state index contributed by atoms with van der Waals surface area (Å²) in [7, 11) is 0. The number of carbonyl (C=O) groups excluding carboxylic acids is 1. The standard InChI is InChI=1S/C31H37NO2/c1-20-28-16-23-9-10-26(33)17-27(23)31(20,25-7-3-2-4-8-25)12-13-32(28)29(34)30-11-5-6-22-14-21(18-30)15-24(22)19-30/h2-4,7-10,17,20-22,24,28,33H,5-6,11-16,18-19H2,1H3. The molecule has 1 heterocycles. The summed E-state index contributed by atoms with van der Waals surface area (Å²) < 4.78 is 0. The predicted molar refractivity (Wildman–Crippen MR) is 134 cm³/mol. The highest BCUT2D eigenvalue weighted by molar-refractivity contribution is 5.84. The maximum atomic E-state index is 14.5. The van der Waals surface area contributed by atoms with E-state index in [1.807, 2.05) is 12.1 Å². The summed E-state index contributed by atoms with van der Waals surface area (Å²) >= 11 is 0. The molecule has 0 spiro atoms. The monoisotopic (exact) mass is 455 g/mol. The molecule has 5 aliphatic rings. The molecule has 3 heteroatoms. The summed E-state index contributed by atoms with van der Waals surface area (Å²) in [6, 6.07) is 17.1. The van der Waals surface area contributed by atoms with Crippen LogP contribution in [0.25, 0.3) is 0 Å². The van der Waals surface area contributed by atoms with E-state index >= 15 is 0 Å². The molecule has 2 aromatic carbocycles. The Morgan fingerprint density at radius 3 is 2.71 bits per heavy atom. The van der Waals surface area contributed by atoms with E-state index in [9.17, 15) is 9.90 Å². The lowest BCUT2D eigenvalue weighted by Gasteiger charge is -2.58. The first-order chi connectivity index (χ1) is 16.5. The minimum absolute atomic E-state index is 0.0967. The molecular formula is C31H37NO2. The molecule has 3 nitrogen and oxygen atoms in total. The number of piperidine rings is 1. The number of nitrogens with zero attached hydrogens (tertiary/aromatic N) is 1. The third-order valence-corrected chi connectivity index (χ3v) is 11.0. The van der Waals surface area contributed by atoms with Gasteiger partial charge in [0.1, 0.15) is 5.75 Å². The average Bonchev–Trinajstić information content (AvgIpc) is 3.05. The second kappa shape index (κ2) is 7.35. The van der Waals surface area contributed by atoms with Gasteiger partial charge in [-0.05, 0) is 97.4 Å². The Bertz CT molecular complexity index is 1130. The summed E-state index contributed by atoms with van der Waals surface area (Å²) in [5.74, 6) is 3.63. The van der Waals surface area contributed by atoms with Crippen molar-refractivity contribution in [2.75, 3.05) is 6.54 Å². The van der Waals surface area contributed by atoms with Crippen LogP contribution in [-0.4, -0.2) is 28.5 Å². The number of amides is 1. The van der Waals surface area contributed by atoms with Gasteiger partial charge in [0.15, 0.2) is 0 Å². The second-order valence-electron chi connectivity index (χ2n) is 12.4. The zero-order chi connectivity index (χ0) is 23.1. The Morgan fingerprint density at radius 2 is 1.85 bits per heavy atom. The molecule has 4 aliphatic carbocycles. The zero-order valence-corrected chi connectivity index (χ0v) is 20.4. The van der Waals surface area contributed by atoms with E-state index in [-0.39, 0.29) is 16.9 Å². The lowest BCUT2D eigenvalue weighted by molar-refractivity contribution is -0.153. The molecule has 1 N–H and O–H groups in total. The van der Waals surface area contributed by atoms with Gasteiger partial charge in [0.25, 0.3) is 0 Å². The molecule has 7 rings (SSSR count). The molecule has 4 fully saturated rings. The normalized spacial score (nSPS) is 40.0. The highest BCUT2D eigenvalue weighted by atomic mass is 16.3. The Morgan fingerprint density at radius 1 is 1.03 bits per heavy atom. The summed E-state index contributed by atoms with van der Waals surface area (Å²) in [6.07, 6.45) is 10.6. The minimum atomic E-state index is -0.146. The van der Waals surface area contributed by atoms with Crippen LogP contribution in [0.1, 0.15) is 75.0 Å². The molecule has 1 amide bonds. The fourth-order valence-electron chi connectivity index (χ4n) is 9.63. The van der Waals surface area contributed by atoms with Crippen molar-refractivity contribution in [3.8, 4) is 5.75 Å². The number of rotatable bonds is 2. The first-order valence-electron chi connectivity index (χ1n) is 13.7. The van der Waals surface area contributed by atoms with Crippen LogP contribution in [0.4, 0.5) is 0 Å². The van der Waals surface area contributed by atoms with Crippen LogP contribution in [0.3, 0.4) is 0 Å². The Labute approximate surface area is 203 Å². The van der Waals surface area contributed by atoms with Gasteiger partial charge in [-0.15, -0.1) is 0 Å². The number of carbonyl (C=O) groups is 1. The first-order valence-corrected chi connectivity index (χ1v) is 13.7. The number of likely N-dealkylation sites (tertiary alicyclic amines) is 1. The summed E-state index contributed by atoms with van der Waals surface area (Å²) in [5, 5.41) is 10.4. The third-order valence-electron chi connectivity index (χ3n) is 11.0. The van der Waals surface area contributed by atoms with E-state index in [4.69, 9.17) is 0 Å². The zero-order valence-electron chi connectivity index (χ0n) is 20.4. The second-order valence-corrected chi connectivity index (χ2v) is 12.4. The fourth-order valence-corrected chi connectivity index (χ4v) is 9.63. The Hall–Kier alpha value is -2.29. The number of benzene rings is 2. The van der Waals surface area contributed by atoms with Gasteiger partial charge >= 0.3 is 0 Å². The molecule has 178 valence electrons. The van der Waals surface area contributed by atoms with Crippen LogP contribution in [0.2, 0.25) is 0 Å². The van der Waals surface area contributed by atoms with Crippen molar-refractivity contribution < 1.29 is 9.90 Å². The topological polar surface area (TPSA) is 40.5 Å². The van der Waals surface area contributed by atoms with Crippen molar-refractivity contribution in [1.82, 2.24) is 4.90 Å². The fraction of sp³-hybridized carbons (Fsp3) is 0.581. The maximum absolute atomic E-state index is 14.5. The predicted octanol–water partition coefficient (Wildman–Crippen LogP) is 6.08. The summed E-state index contributed by atoms with van der Waals surface area (Å²) in [6.45, 7) is 3.20. The van der Waals surface area contributed by atoms with Gasteiger partial charge in [-0.2, -0.15) is 0 Å². The molecule has 0 radical (unpaired) electrons. The van der Waals surface area contributed by atoms with Crippen LogP contribution in [-0.2, 0) is 16.6 Å². The Kier molecular flexibility index (Phi) is 4.55. The quantitative estimate of drug-likeness (QED) is 0.596. The SMILES string of the molecule is CC1C2Cc3ccc(O)cc3C1(c1ccccc1)CCN2C(=O)C12CCCC3CC(CC3C1)C2. The van der Waals surface area contributed by atoms with Gasteiger partial charge in [0, 0.05) is 23.4 Å². The van der Waals surface area contributed by atoms with E-state index < -0.39 is 0 Å². The molecule has 1 aliphatic heterocycles. The van der Waals surface area contributed by atoms with Gasteiger partial charge in [0.2, 0.25) is 5.91 Å². The number of aromatic hydroxyl groups is 1. The summed E-state index contributed by atoms with van der Waals surface area (Å²) in [4.78, 5) is 16.9. The van der Waals surface area contributed by atoms with E-state index in [0.717, 1.165) is 56.4 Å². The molecule has 1 saturated heterocycles. The van der Waals surface area contributed by atoms with Gasteiger partial charge in [-0.3, -0.25) is 4.79 Å². The molecular weight excluding hydrogens is 418 g/mol. The van der Waals surface area contributed by atoms with E-state index in [1.54, 1.807) is 0 Å². The molecule has 7 atom stereocenters. The molecule has 2 aromatic rings. The third kappa shape index (κ3) is 2.79. The van der Waals surface area contributed by atoms with Crippen LogP contribution in [0, 0.1) is 29.1 Å². The van der Waals surface area contributed by atoms with Crippen LogP contribution in [0.5, 0.6) is 5.75 Å². The maximum Gasteiger partial charge on any atom is 0.229 e. The first kappa shape index (κ1) is 21.0. The number of phenols is 1. The average molecular weight is 456 g/mol. The van der Waals surface area contributed by atoms with Crippen LogP contribution >= 0.6 is 0 Å². The van der Waals surface area contributed by atoms with Gasteiger partial charge in [-0.1, -0.05) is 56.2 Å². The van der Waals surface area contributed by atoms with E-state index in [2.05, 4.69) is 48.2 Å². The van der Waals surface area contributed by atoms with Crippen LogP contribution in [0.15, 0.2) is 48.5 Å². The van der Waals surface area contributed by atoms with Crippen molar-refractivity contribution in [1.29, 1.82) is 0 Å². The largest absolute Gasteiger partial charge is 0.508 e. The number of phenolic OH excluding ortho intramolecular Hbond substituents is 1. The number of fused-ring (bicyclic) bond motifs is 6. The van der Waals surface area contributed by atoms with Crippen LogP contribution < -0.4 is 0 Å². The number of hydrogen-bond acceptors (Lipinski definition) is 2. The molecule has 7 unspecified atom stereocenters. The Balaban J connectivity index is 1.30. The van der Waals surface area contributed by atoms with Crippen molar-refractivity contribution in [3.05, 3.63) is 65.2 Å². The van der Waals surface area contributed by atoms with E-state index in [0.29, 0.717) is 17.6 Å². The molecule has 0 aromatic heterocycles. The molecule has 3 saturated carbocycles. The van der Waals surface area contributed by atoms with Crippen molar-refractivity contribution in [3.63, 3.8) is 0 Å². The highest BCUT2D eigenvalue weighted by Crippen LogP contribution is 2.60. The van der Waals surface area contributed by atoms with E-state index in [1.165, 1.54) is 42.4 Å². The van der Waals surface area contributed by atoms with Gasteiger partial charge in [-0.25, -0.2) is 0 Å².